The van der Waals surface area contributed by atoms with E-state index in [9.17, 15) is 18.0 Å². The summed E-state index contributed by atoms with van der Waals surface area (Å²) in [5.41, 5.74) is -0.211. The highest BCUT2D eigenvalue weighted by Gasteiger charge is 2.29. The van der Waals surface area contributed by atoms with Gasteiger partial charge in [0.05, 0.1) is 11.8 Å². The molecule has 2 heterocycles. The predicted molar refractivity (Wildman–Crippen MR) is 74.5 cm³/mol. The number of amides is 1. The van der Waals surface area contributed by atoms with E-state index in [0.717, 1.165) is 12.3 Å². The summed E-state index contributed by atoms with van der Waals surface area (Å²) in [6.07, 6.45) is -3.03. The number of H-pyrrole nitrogens is 1. The minimum atomic E-state index is -4.55. The molecule has 2 N–H and O–H groups in total. The molecule has 2 aromatic heterocycles. The highest BCUT2D eigenvalue weighted by molar-refractivity contribution is 6.30. The number of nitrogens with zero attached hydrogens (tertiary/aromatic N) is 3. The van der Waals surface area contributed by atoms with Crippen LogP contribution in [-0.2, 0) is 6.42 Å². The van der Waals surface area contributed by atoms with Crippen LogP contribution in [0.1, 0.15) is 23.1 Å². The van der Waals surface area contributed by atoms with Crippen LogP contribution in [0.3, 0.4) is 0 Å². The second-order valence-electron chi connectivity index (χ2n) is 4.32. The van der Waals surface area contributed by atoms with Crippen LogP contribution < -0.4 is 10.1 Å². The number of halogens is 4. The first-order chi connectivity index (χ1) is 10.8. The van der Waals surface area contributed by atoms with E-state index < -0.39 is 18.7 Å². The molecule has 2 rings (SSSR count). The van der Waals surface area contributed by atoms with Gasteiger partial charge in [0.1, 0.15) is 11.0 Å². The number of carbonyl (C=O) groups is 1. The highest BCUT2D eigenvalue weighted by Crippen LogP contribution is 2.24. The van der Waals surface area contributed by atoms with Gasteiger partial charge in [-0.1, -0.05) is 18.5 Å². The predicted octanol–water partition coefficient (Wildman–Crippen LogP) is 2.61. The summed E-state index contributed by atoms with van der Waals surface area (Å²) in [7, 11) is 0. The number of pyridine rings is 1. The average Bonchev–Trinajstić information content (AvgIpc) is 2.92. The third-order valence-electron chi connectivity index (χ3n) is 2.56. The Labute approximate surface area is 133 Å². The van der Waals surface area contributed by atoms with E-state index in [1.54, 1.807) is 0 Å². The molecule has 2 aromatic rings. The number of alkyl halides is 3. The van der Waals surface area contributed by atoms with Gasteiger partial charge in [0.15, 0.2) is 12.4 Å². The molecule has 0 saturated carbocycles. The van der Waals surface area contributed by atoms with Gasteiger partial charge in [-0.05, 0) is 6.07 Å². The fourth-order valence-electron chi connectivity index (χ4n) is 1.55. The number of carbonyl (C=O) groups excluding carboxylic acids is 1. The van der Waals surface area contributed by atoms with Crippen LogP contribution in [0.2, 0.25) is 5.15 Å². The summed E-state index contributed by atoms with van der Waals surface area (Å²) in [5.74, 6) is -0.591. The molecule has 0 radical (unpaired) electrons. The first-order valence-electron chi connectivity index (χ1n) is 6.36. The van der Waals surface area contributed by atoms with Gasteiger partial charge in [-0.25, -0.2) is 4.98 Å². The Morgan fingerprint density at radius 1 is 1.48 bits per heavy atom. The molecule has 0 saturated heterocycles. The third kappa shape index (κ3) is 4.81. The minimum absolute atomic E-state index is 0.0124. The molecule has 0 atom stereocenters. The Bertz CT molecular complexity index is 704. The quantitative estimate of drug-likeness (QED) is 0.809. The molecule has 11 heteroatoms. The Kier molecular flexibility index (Phi) is 5.04. The lowest BCUT2D eigenvalue weighted by atomic mass is 10.2. The standard InChI is InChI=1S/C12H11ClF3N5O2/c1-2-9-18-11(21-20-9)19-10(22)6-3-8(13)17-4-7(6)23-5-12(14,15)16/h3-4H,2,5H2,1H3,(H2,18,19,20,21,22). The highest BCUT2D eigenvalue weighted by atomic mass is 35.5. The van der Waals surface area contributed by atoms with E-state index in [1.807, 2.05) is 6.92 Å². The van der Waals surface area contributed by atoms with Crippen LogP contribution in [0.5, 0.6) is 5.75 Å². The SMILES string of the molecule is CCc1nc(NC(=O)c2cc(Cl)ncc2OCC(F)(F)F)n[nH]1. The van der Waals surface area contributed by atoms with Crippen molar-refractivity contribution >= 4 is 23.5 Å². The van der Waals surface area contributed by atoms with Crippen LogP contribution in [0.15, 0.2) is 12.3 Å². The smallest absolute Gasteiger partial charge is 0.422 e. The summed E-state index contributed by atoms with van der Waals surface area (Å²) in [5, 5.41) is 8.61. The van der Waals surface area contributed by atoms with Crippen LogP contribution >= 0.6 is 11.6 Å². The van der Waals surface area contributed by atoms with Gasteiger partial charge < -0.3 is 4.74 Å². The first-order valence-corrected chi connectivity index (χ1v) is 6.74. The molecule has 0 bridgehead atoms. The second kappa shape index (κ2) is 6.82. The fourth-order valence-corrected chi connectivity index (χ4v) is 1.71. The van der Waals surface area contributed by atoms with Crippen molar-refractivity contribution in [3.8, 4) is 5.75 Å². The lowest BCUT2D eigenvalue weighted by Crippen LogP contribution is -2.21. The molecule has 0 spiro atoms. The fraction of sp³-hybridized carbons (Fsp3) is 0.333. The van der Waals surface area contributed by atoms with E-state index in [0.29, 0.717) is 12.2 Å². The monoisotopic (exact) mass is 349 g/mol. The summed E-state index contributed by atoms with van der Waals surface area (Å²) in [4.78, 5) is 19.7. The number of anilines is 1. The molecule has 0 aliphatic carbocycles. The molecular formula is C12H11ClF3N5O2. The molecular weight excluding hydrogens is 339 g/mol. The summed E-state index contributed by atoms with van der Waals surface area (Å²) < 4.78 is 41.3. The van der Waals surface area contributed by atoms with Crippen LogP contribution in [0.4, 0.5) is 19.1 Å². The zero-order valence-electron chi connectivity index (χ0n) is 11.7. The molecule has 23 heavy (non-hydrogen) atoms. The molecule has 1 amide bonds. The number of rotatable bonds is 5. The Morgan fingerprint density at radius 3 is 2.83 bits per heavy atom. The Balaban J connectivity index is 2.19. The number of aromatic amines is 1. The van der Waals surface area contributed by atoms with Crippen molar-refractivity contribution in [1.82, 2.24) is 20.2 Å². The maximum absolute atomic E-state index is 12.2. The second-order valence-corrected chi connectivity index (χ2v) is 4.71. The van der Waals surface area contributed by atoms with Crippen molar-refractivity contribution in [1.29, 1.82) is 0 Å². The van der Waals surface area contributed by atoms with Crippen molar-refractivity contribution in [2.45, 2.75) is 19.5 Å². The lowest BCUT2D eigenvalue weighted by molar-refractivity contribution is -0.153. The van der Waals surface area contributed by atoms with E-state index in [1.165, 1.54) is 0 Å². The number of ether oxygens (including phenoxy) is 1. The molecule has 0 aromatic carbocycles. The molecule has 7 nitrogen and oxygen atoms in total. The van der Waals surface area contributed by atoms with Gasteiger partial charge in [-0.15, -0.1) is 5.10 Å². The number of hydrogen-bond acceptors (Lipinski definition) is 5. The number of aromatic nitrogens is 4. The van der Waals surface area contributed by atoms with Crippen LogP contribution in [-0.4, -0.2) is 38.9 Å². The Morgan fingerprint density at radius 2 is 2.22 bits per heavy atom. The molecule has 0 unspecified atom stereocenters. The van der Waals surface area contributed by atoms with Gasteiger partial charge in [-0.3, -0.25) is 15.2 Å². The van der Waals surface area contributed by atoms with Crippen molar-refractivity contribution < 1.29 is 22.7 Å². The van der Waals surface area contributed by atoms with Crippen LogP contribution in [0, 0.1) is 0 Å². The van der Waals surface area contributed by atoms with E-state index >= 15 is 0 Å². The van der Waals surface area contributed by atoms with Gasteiger partial charge >= 0.3 is 6.18 Å². The molecule has 0 aliphatic heterocycles. The summed E-state index contributed by atoms with van der Waals surface area (Å²) in [6, 6.07) is 1.09. The van der Waals surface area contributed by atoms with Crippen molar-refractivity contribution in [3.63, 3.8) is 0 Å². The zero-order valence-corrected chi connectivity index (χ0v) is 12.5. The molecule has 124 valence electrons. The normalized spacial score (nSPS) is 11.3. The lowest BCUT2D eigenvalue weighted by Gasteiger charge is -2.12. The molecule has 0 aliphatic rings. The van der Waals surface area contributed by atoms with Crippen molar-refractivity contribution in [2.75, 3.05) is 11.9 Å². The van der Waals surface area contributed by atoms with Gasteiger partial charge in [-0.2, -0.15) is 18.2 Å². The summed E-state index contributed by atoms with van der Waals surface area (Å²) >= 11 is 5.67. The summed E-state index contributed by atoms with van der Waals surface area (Å²) in [6.45, 7) is 0.273. The van der Waals surface area contributed by atoms with E-state index in [-0.39, 0.29) is 22.4 Å². The third-order valence-corrected chi connectivity index (χ3v) is 2.77. The molecule has 0 fully saturated rings. The topological polar surface area (TPSA) is 92.8 Å². The zero-order chi connectivity index (χ0) is 17.0. The average molecular weight is 350 g/mol. The van der Waals surface area contributed by atoms with Crippen LogP contribution in [0.25, 0.3) is 0 Å². The first kappa shape index (κ1) is 17.0. The van der Waals surface area contributed by atoms with Crippen molar-refractivity contribution in [2.24, 2.45) is 0 Å². The van der Waals surface area contributed by atoms with Crippen molar-refractivity contribution in [3.05, 3.63) is 28.8 Å². The van der Waals surface area contributed by atoms with E-state index in [4.69, 9.17) is 11.6 Å². The maximum atomic E-state index is 12.2. The number of hydrogen-bond donors (Lipinski definition) is 2. The minimum Gasteiger partial charge on any atom is -0.482 e. The van der Waals surface area contributed by atoms with Gasteiger partial charge in [0.25, 0.3) is 5.91 Å². The van der Waals surface area contributed by atoms with Gasteiger partial charge in [0, 0.05) is 6.42 Å². The largest absolute Gasteiger partial charge is 0.482 e. The Hall–Kier alpha value is -2.36. The number of aryl methyl sites for hydroxylation is 1. The number of nitrogens with one attached hydrogen (secondary N) is 2. The van der Waals surface area contributed by atoms with Gasteiger partial charge in [0.2, 0.25) is 5.95 Å². The maximum Gasteiger partial charge on any atom is 0.422 e. The van der Waals surface area contributed by atoms with E-state index in [2.05, 4.69) is 30.2 Å².